The molecule has 1 saturated heterocycles. The van der Waals surface area contributed by atoms with E-state index in [1.165, 1.54) is 29.7 Å². The molecular formula is C20H21N3O5S2. The largest absolute Gasteiger partial charge is 0.443 e. The maximum Gasteiger partial charge on any atom is 0.251 e. The molecule has 8 nitrogen and oxygen atoms in total. The third-order valence-electron chi connectivity index (χ3n) is 4.65. The molecule has 1 aliphatic heterocycles. The van der Waals surface area contributed by atoms with Crippen LogP contribution in [0.4, 0.5) is 0 Å². The maximum atomic E-state index is 12.5. The molecule has 0 saturated carbocycles. The number of amides is 1. The minimum absolute atomic E-state index is 0.0366. The molecule has 1 atom stereocenters. The third-order valence-corrected chi connectivity index (χ3v) is 6.92. The van der Waals surface area contributed by atoms with Crippen LogP contribution in [0.1, 0.15) is 28.9 Å². The monoisotopic (exact) mass is 447 g/mol. The molecule has 2 aromatic heterocycles. The van der Waals surface area contributed by atoms with E-state index in [4.69, 9.17) is 9.15 Å². The van der Waals surface area contributed by atoms with Gasteiger partial charge < -0.3 is 14.5 Å². The Morgan fingerprint density at radius 2 is 2.17 bits per heavy atom. The van der Waals surface area contributed by atoms with Crippen molar-refractivity contribution in [3.63, 3.8) is 0 Å². The molecule has 4 rings (SSSR count). The summed E-state index contributed by atoms with van der Waals surface area (Å²) >= 11 is 1.51. The van der Waals surface area contributed by atoms with Crippen LogP contribution in [0.25, 0.3) is 10.8 Å². The average molecular weight is 448 g/mol. The number of aromatic nitrogens is 1. The highest BCUT2D eigenvalue weighted by Crippen LogP contribution is 2.23. The van der Waals surface area contributed by atoms with Crippen molar-refractivity contribution in [3.8, 4) is 10.8 Å². The second kappa shape index (κ2) is 9.09. The Morgan fingerprint density at radius 1 is 1.27 bits per heavy atom. The fraction of sp³-hybridized carbons (Fsp3) is 0.300. The molecule has 10 heteroatoms. The number of thiophene rings is 1. The van der Waals surface area contributed by atoms with E-state index in [0.29, 0.717) is 18.2 Å². The molecule has 1 aliphatic rings. The van der Waals surface area contributed by atoms with E-state index in [1.807, 2.05) is 17.5 Å². The first-order valence-electron chi connectivity index (χ1n) is 9.49. The smallest absolute Gasteiger partial charge is 0.251 e. The maximum absolute atomic E-state index is 12.5. The van der Waals surface area contributed by atoms with Crippen LogP contribution in [0.5, 0.6) is 0 Å². The number of ether oxygens (including phenoxy) is 1. The topological polar surface area (TPSA) is 111 Å². The highest BCUT2D eigenvalue weighted by atomic mass is 32.2. The standard InChI is InChI=1S/C20H21N3O5S2/c24-19(21-11-15-13-28-20(23-15)18-7-3-9-29-18)14-4-1-6-17(10-14)30(25,26)22-12-16-5-2-8-27-16/h1,3-4,6-7,9-10,13,16,22H,2,5,8,11-12H2,(H,21,24)/t16-/m0/s1. The van der Waals surface area contributed by atoms with Gasteiger partial charge in [-0.2, -0.15) is 0 Å². The van der Waals surface area contributed by atoms with Gasteiger partial charge in [0, 0.05) is 18.7 Å². The molecule has 1 amide bonds. The number of nitrogens with one attached hydrogen (secondary N) is 2. The lowest BCUT2D eigenvalue weighted by Crippen LogP contribution is -2.32. The second-order valence-corrected chi connectivity index (χ2v) is 9.53. The van der Waals surface area contributed by atoms with Crippen LogP contribution in [0.15, 0.2) is 57.4 Å². The van der Waals surface area contributed by atoms with E-state index in [-0.39, 0.29) is 29.7 Å². The van der Waals surface area contributed by atoms with Crippen molar-refractivity contribution in [3.05, 3.63) is 59.3 Å². The van der Waals surface area contributed by atoms with Crippen LogP contribution in [-0.2, 0) is 21.3 Å². The predicted molar refractivity (Wildman–Crippen MR) is 112 cm³/mol. The van der Waals surface area contributed by atoms with Gasteiger partial charge in [-0.3, -0.25) is 4.79 Å². The first-order chi connectivity index (χ1) is 14.5. The van der Waals surface area contributed by atoms with E-state index in [0.717, 1.165) is 17.7 Å². The van der Waals surface area contributed by atoms with Gasteiger partial charge >= 0.3 is 0 Å². The van der Waals surface area contributed by atoms with E-state index in [1.54, 1.807) is 12.1 Å². The van der Waals surface area contributed by atoms with Crippen molar-refractivity contribution in [2.24, 2.45) is 0 Å². The predicted octanol–water partition coefficient (Wildman–Crippen LogP) is 2.79. The first kappa shape index (κ1) is 20.7. The molecule has 2 N–H and O–H groups in total. The Balaban J connectivity index is 1.37. The highest BCUT2D eigenvalue weighted by Gasteiger charge is 2.21. The summed E-state index contributed by atoms with van der Waals surface area (Å²) in [7, 11) is -3.73. The SMILES string of the molecule is O=C(NCc1coc(-c2cccs2)n1)c1cccc(S(=O)(=O)NC[C@@H]2CCCO2)c1. The highest BCUT2D eigenvalue weighted by molar-refractivity contribution is 7.89. The number of hydrogen-bond donors (Lipinski definition) is 2. The van der Waals surface area contributed by atoms with Gasteiger partial charge in [0.2, 0.25) is 15.9 Å². The fourth-order valence-corrected chi connectivity index (χ4v) is 4.84. The van der Waals surface area contributed by atoms with Gasteiger partial charge in [0.05, 0.1) is 28.1 Å². The van der Waals surface area contributed by atoms with Crippen LogP contribution in [0.3, 0.4) is 0 Å². The van der Waals surface area contributed by atoms with Crippen molar-refractivity contribution in [2.45, 2.75) is 30.4 Å². The second-order valence-electron chi connectivity index (χ2n) is 6.82. The van der Waals surface area contributed by atoms with Gasteiger partial charge in [0.25, 0.3) is 5.91 Å². The van der Waals surface area contributed by atoms with Gasteiger partial charge in [0.1, 0.15) is 6.26 Å². The lowest BCUT2D eigenvalue weighted by molar-refractivity contribution is 0.0950. The summed E-state index contributed by atoms with van der Waals surface area (Å²) in [5.74, 6) is 0.103. The van der Waals surface area contributed by atoms with Crippen LogP contribution in [0.2, 0.25) is 0 Å². The minimum Gasteiger partial charge on any atom is -0.443 e. The van der Waals surface area contributed by atoms with Crippen molar-refractivity contribution in [1.82, 2.24) is 15.0 Å². The van der Waals surface area contributed by atoms with Crippen LogP contribution in [-0.4, -0.2) is 38.6 Å². The summed E-state index contributed by atoms with van der Waals surface area (Å²) in [5.41, 5.74) is 0.825. The zero-order valence-corrected chi connectivity index (χ0v) is 17.7. The number of rotatable bonds is 8. The number of carbonyl (C=O) groups excluding carboxylic acids is 1. The molecule has 0 radical (unpaired) electrons. The number of benzene rings is 1. The van der Waals surface area contributed by atoms with Crippen molar-refractivity contribution in [2.75, 3.05) is 13.2 Å². The number of carbonyl (C=O) groups is 1. The van der Waals surface area contributed by atoms with Gasteiger partial charge in [-0.1, -0.05) is 12.1 Å². The van der Waals surface area contributed by atoms with Crippen molar-refractivity contribution < 1.29 is 22.4 Å². The molecule has 0 unspecified atom stereocenters. The Morgan fingerprint density at radius 3 is 2.93 bits per heavy atom. The summed E-state index contributed by atoms with van der Waals surface area (Å²) in [4.78, 5) is 17.8. The summed E-state index contributed by atoms with van der Waals surface area (Å²) in [6.45, 7) is 1.04. The normalized spacial score (nSPS) is 16.6. The van der Waals surface area contributed by atoms with Crippen LogP contribution in [0, 0.1) is 0 Å². The molecule has 1 aromatic carbocycles. The molecule has 158 valence electrons. The first-order valence-corrected chi connectivity index (χ1v) is 11.9. The number of nitrogens with zero attached hydrogens (tertiary/aromatic N) is 1. The van der Waals surface area contributed by atoms with E-state index >= 15 is 0 Å². The molecule has 0 spiro atoms. The quantitative estimate of drug-likeness (QED) is 0.549. The van der Waals surface area contributed by atoms with Gasteiger partial charge in [-0.25, -0.2) is 18.1 Å². The Hall–Kier alpha value is -2.53. The van der Waals surface area contributed by atoms with E-state index < -0.39 is 15.9 Å². The number of sulfonamides is 1. The molecule has 1 fully saturated rings. The van der Waals surface area contributed by atoms with Crippen LogP contribution >= 0.6 is 11.3 Å². The summed E-state index contributed by atoms with van der Waals surface area (Å²) in [6, 6.07) is 9.72. The molecule has 3 heterocycles. The molecule has 30 heavy (non-hydrogen) atoms. The van der Waals surface area contributed by atoms with Crippen molar-refractivity contribution in [1.29, 1.82) is 0 Å². The summed E-state index contributed by atoms with van der Waals surface area (Å²) < 4.78 is 38.5. The lowest BCUT2D eigenvalue weighted by atomic mass is 10.2. The van der Waals surface area contributed by atoms with E-state index in [9.17, 15) is 13.2 Å². The summed E-state index contributed by atoms with van der Waals surface area (Å²) in [5, 5.41) is 4.66. The molecular weight excluding hydrogens is 426 g/mol. The Labute approximate surface area is 178 Å². The number of hydrogen-bond acceptors (Lipinski definition) is 7. The zero-order valence-electron chi connectivity index (χ0n) is 16.0. The number of oxazole rings is 1. The fourth-order valence-electron chi connectivity index (χ4n) is 3.07. The van der Waals surface area contributed by atoms with Crippen LogP contribution < -0.4 is 10.0 Å². The molecule has 0 bridgehead atoms. The Kier molecular flexibility index (Phi) is 6.28. The molecule has 0 aliphatic carbocycles. The third kappa shape index (κ3) is 4.96. The Bertz CT molecular complexity index is 1100. The summed E-state index contributed by atoms with van der Waals surface area (Å²) in [6.07, 6.45) is 3.15. The minimum atomic E-state index is -3.73. The van der Waals surface area contributed by atoms with Crippen molar-refractivity contribution >= 4 is 27.3 Å². The van der Waals surface area contributed by atoms with Gasteiger partial charge in [0.15, 0.2) is 0 Å². The van der Waals surface area contributed by atoms with Gasteiger partial charge in [-0.15, -0.1) is 11.3 Å². The zero-order chi connectivity index (χ0) is 21.0. The van der Waals surface area contributed by atoms with E-state index in [2.05, 4.69) is 15.0 Å². The van der Waals surface area contributed by atoms with Gasteiger partial charge in [-0.05, 0) is 42.5 Å². The average Bonchev–Trinajstić information content (AvgIpc) is 3.53. The molecule has 3 aromatic rings. The lowest BCUT2D eigenvalue weighted by Gasteiger charge is -2.12.